The number of ether oxygens (including phenoxy) is 1. The molecule has 0 saturated heterocycles. The second-order valence-electron chi connectivity index (χ2n) is 8.23. The minimum Gasteiger partial charge on any atom is -0.365 e. The van der Waals surface area contributed by atoms with Crippen molar-refractivity contribution in [2.45, 2.75) is 43.0 Å². The number of aromatic amines is 1. The summed E-state index contributed by atoms with van der Waals surface area (Å²) in [5.74, 6) is -0.264. The van der Waals surface area contributed by atoms with Gasteiger partial charge in [-0.25, -0.2) is 8.78 Å². The zero-order valence-electron chi connectivity index (χ0n) is 16.1. The maximum absolute atomic E-state index is 16.0. The van der Waals surface area contributed by atoms with Gasteiger partial charge in [0, 0.05) is 22.2 Å². The van der Waals surface area contributed by atoms with Crippen LogP contribution in [0.4, 0.5) is 8.78 Å². The highest BCUT2D eigenvalue weighted by Crippen LogP contribution is 2.54. The fraction of sp³-hybridized carbons (Fsp3) is 0.455. The Hall–Kier alpha value is -1.76. The number of alkyl halides is 1. The van der Waals surface area contributed by atoms with Gasteiger partial charge in [0.2, 0.25) is 0 Å². The molecule has 28 heavy (non-hydrogen) atoms. The quantitative estimate of drug-likeness (QED) is 0.645. The largest absolute Gasteiger partial charge is 0.365 e. The van der Waals surface area contributed by atoms with Gasteiger partial charge in [0.05, 0.1) is 17.8 Å². The maximum atomic E-state index is 16.0. The van der Waals surface area contributed by atoms with E-state index < -0.39 is 11.8 Å². The van der Waals surface area contributed by atoms with E-state index in [1.165, 1.54) is 10.9 Å². The number of nitrogens with zero attached hydrogens (tertiary/aromatic N) is 1. The summed E-state index contributed by atoms with van der Waals surface area (Å²) in [4.78, 5) is 6.74. The molecule has 3 aromatic rings. The van der Waals surface area contributed by atoms with E-state index in [4.69, 9.17) is 4.74 Å². The summed E-state index contributed by atoms with van der Waals surface area (Å²) in [7, 11) is 4.06. The third-order valence-electron chi connectivity index (χ3n) is 6.77. The average molecular weight is 403 g/mol. The molecular formula is C22H24F2N2OS. The van der Waals surface area contributed by atoms with Crippen LogP contribution in [0.5, 0.6) is 0 Å². The first-order valence-corrected chi connectivity index (χ1v) is 10.6. The van der Waals surface area contributed by atoms with Gasteiger partial charge in [-0.3, -0.25) is 4.90 Å². The van der Waals surface area contributed by atoms with Crippen LogP contribution in [0.15, 0.2) is 35.7 Å². The van der Waals surface area contributed by atoms with Crippen molar-refractivity contribution in [3.8, 4) is 0 Å². The van der Waals surface area contributed by atoms with E-state index >= 15 is 4.39 Å². The molecule has 1 aliphatic heterocycles. The van der Waals surface area contributed by atoms with Gasteiger partial charge < -0.3 is 9.72 Å². The first kappa shape index (κ1) is 18.3. The minimum atomic E-state index is -1.15. The standard InChI is InChI=1S/C22H24F2N2OS/c1-26(2)21(19-4-3-11-28-19)8-9-22(18(24)13-21)20-15(7-10-27-22)16-12-14(23)5-6-17(16)25-20/h3-6,11-12,18,25H,7-10,13H2,1-2H3. The molecule has 0 radical (unpaired) electrons. The summed E-state index contributed by atoms with van der Waals surface area (Å²) in [5, 5.41) is 2.91. The van der Waals surface area contributed by atoms with E-state index in [9.17, 15) is 4.39 Å². The highest BCUT2D eigenvalue weighted by molar-refractivity contribution is 7.10. The molecule has 3 nitrogen and oxygen atoms in total. The van der Waals surface area contributed by atoms with Crippen molar-refractivity contribution in [1.82, 2.24) is 9.88 Å². The molecule has 1 N–H and O–H groups in total. The molecular weight excluding hydrogens is 378 g/mol. The Labute approximate surface area is 167 Å². The maximum Gasteiger partial charge on any atom is 0.139 e. The number of fused-ring (bicyclic) bond motifs is 4. The van der Waals surface area contributed by atoms with Crippen LogP contribution >= 0.6 is 11.3 Å². The van der Waals surface area contributed by atoms with Crippen molar-refractivity contribution in [2.24, 2.45) is 0 Å². The number of H-pyrrole nitrogens is 1. The van der Waals surface area contributed by atoms with Crippen LogP contribution in [0.1, 0.15) is 35.4 Å². The van der Waals surface area contributed by atoms with Crippen molar-refractivity contribution < 1.29 is 13.5 Å². The average Bonchev–Trinajstić information content (AvgIpc) is 3.33. The third-order valence-corrected chi connectivity index (χ3v) is 7.83. The topological polar surface area (TPSA) is 28.3 Å². The molecule has 0 bridgehead atoms. The minimum absolute atomic E-state index is 0.264. The first-order chi connectivity index (χ1) is 13.5. The third kappa shape index (κ3) is 2.44. The Morgan fingerprint density at radius 3 is 2.82 bits per heavy atom. The summed E-state index contributed by atoms with van der Waals surface area (Å²) in [6.07, 6.45) is 1.31. The summed E-state index contributed by atoms with van der Waals surface area (Å²) in [5.41, 5.74) is 1.38. The van der Waals surface area contributed by atoms with E-state index in [1.807, 2.05) is 20.2 Å². The number of rotatable bonds is 2. The second-order valence-corrected chi connectivity index (χ2v) is 9.18. The molecule has 3 heterocycles. The molecule has 2 aliphatic rings. The highest BCUT2D eigenvalue weighted by atomic mass is 32.1. The smallest absolute Gasteiger partial charge is 0.139 e. The van der Waals surface area contributed by atoms with E-state index in [0.29, 0.717) is 25.9 Å². The molecule has 3 unspecified atom stereocenters. The summed E-state index contributed by atoms with van der Waals surface area (Å²) >= 11 is 1.69. The Balaban J connectivity index is 1.59. The molecule has 1 aliphatic carbocycles. The molecule has 0 amide bonds. The summed E-state index contributed by atoms with van der Waals surface area (Å²) in [6, 6.07) is 8.87. The molecule has 1 fully saturated rings. The zero-order chi connectivity index (χ0) is 19.5. The predicted octanol–water partition coefficient (Wildman–Crippen LogP) is 5.12. The Morgan fingerprint density at radius 2 is 2.11 bits per heavy atom. The van der Waals surface area contributed by atoms with Crippen LogP contribution in [0.3, 0.4) is 0 Å². The Kier molecular flexibility index (Phi) is 4.16. The van der Waals surface area contributed by atoms with Crippen molar-refractivity contribution in [3.05, 3.63) is 57.7 Å². The first-order valence-electron chi connectivity index (χ1n) is 9.76. The molecule has 6 heteroatoms. The molecule has 2 aromatic heterocycles. The molecule has 148 valence electrons. The molecule has 5 rings (SSSR count). The van der Waals surface area contributed by atoms with Gasteiger partial charge in [-0.05, 0) is 68.6 Å². The number of thiophene rings is 1. The van der Waals surface area contributed by atoms with Crippen molar-refractivity contribution in [3.63, 3.8) is 0 Å². The van der Waals surface area contributed by atoms with E-state index in [1.54, 1.807) is 23.5 Å². The van der Waals surface area contributed by atoms with Gasteiger partial charge in [0.15, 0.2) is 0 Å². The molecule has 3 atom stereocenters. The van der Waals surface area contributed by atoms with Crippen LogP contribution in [-0.4, -0.2) is 36.8 Å². The fourth-order valence-electron chi connectivity index (χ4n) is 5.20. The SMILES string of the molecule is CN(C)C1(c2cccs2)CCC2(OCCc3c2[nH]c2ccc(F)cc32)C(F)C1. The van der Waals surface area contributed by atoms with Gasteiger partial charge in [-0.2, -0.15) is 0 Å². The van der Waals surface area contributed by atoms with Gasteiger partial charge in [0.1, 0.15) is 17.6 Å². The van der Waals surface area contributed by atoms with Crippen molar-refractivity contribution in [1.29, 1.82) is 0 Å². The molecule has 1 saturated carbocycles. The van der Waals surface area contributed by atoms with Crippen LogP contribution in [-0.2, 0) is 22.3 Å². The fourth-order valence-corrected chi connectivity index (χ4v) is 6.25. The summed E-state index contributed by atoms with van der Waals surface area (Å²) < 4.78 is 36.0. The summed E-state index contributed by atoms with van der Waals surface area (Å²) in [6.45, 7) is 0.463. The number of benzene rings is 1. The van der Waals surface area contributed by atoms with Crippen molar-refractivity contribution >= 4 is 22.2 Å². The van der Waals surface area contributed by atoms with E-state index in [2.05, 4.69) is 21.3 Å². The van der Waals surface area contributed by atoms with Gasteiger partial charge in [-0.1, -0.05) is 6.07 Å². The lowest BCUT2D eigenvalue weighted by Crippen LogP contribution is -2.55. The van der Waals surface area contributed by atoms with Crippen molar-refractivity contribution in [2.75, 3.05) is 20.7 Å². The number of hydrogen-bond donors (Lipinski definition) is 1. The molecule has 1 spiro atoms. The predicted molar refractivity (Wildman–Crippen MR) is 108 cm³/mol. The van der Waals surface area contributed by atoms with Gasteiger partial charge in [0.25, 0.3) is 0 Å². The van der Waals surface area contributed by atoms with Crippen LogP contribution in [0.2, 0.25) is 0 Å². The Morgan fingerprint density at radius 1 is 1.25 bits per heavy atom. The monoisotopic (exact) mass is 402 g/mol. The van der Waals surface area contributed by atoms with Crippen LogP contribution in [0, 0.1) is 5.82 Å². The lowest BCUT2D eigenvalue weighted by Gasteiger charge is -2.51. The number of hydrogen-bond acceptors (Lipinski definition) is 3. The van der Waals surface area contributed by atoms with Crippen LogP contribution < -0.4 is 0 Å². The second kappa shape index (κ2) is 6.37. The zero-order valence-corrected chi connectivity index (χ0v) is 16.9. The highest BCUT2D eigenvalue weighted by Gasteiger charge is 2.56. The lowest BCUT2D eigenvalue weighted by atomic mass is 9.68. The van der Waals surface area contributed by atoms with Gasteiger partial charge >= 0.3 is 0 Å². The number of aromatic nitrogens is 1. The number of halogens is 2. The Bertz CT molecular complexity index is 1020. The van der Waals surface area contributed by atoms with E-state index in [-0.39, 0.29) is 11.4 Å². The van der Waals surface area contributed by atoms with E-state index in [0.717, 1.165) is 28.6 Å². The normalized spacial score (nSPS) is 30.2. The van der Waals surface area contributed by atoms with Gasteiger partial charge in [-0.15, -0.1) is 11.3 Å². The van der Waals surface area contributed by atoms with Crippen LogP contribution in [0.25, 0.3) is 10.9 Å². The number of nitrogens with one attached hydrogen (secondary N) is 1. The molecule has 1 aromatic carbocycles. The lowest BCUT2D eigenvalue weighted by molar-refractivity contribution is -0.159.